The maximum atomic E-state index is 5.65. The number of nitrogens with zero attached hydrogens (tertiary/aromatic N) is 2. The molecule has 0 aliphatic carbocycles. The molecule has 0 spiro atoms. The van der Waals surface area contributed by atoms with Crippen LogP contribution in [0, 0.1) is 6.92 Å². The van der Waals surface area contributed by atoms with Crippen LogP contribution in [0.25, 0.3) is 10.9 Å². The highest BCUT2D eigenvalue weighted by Gasteiger charge is 1.98. The van der Waals surface area contributed by atoms with Crippen molar-refractivity contribution in [3.05, 3.63) is 41.6 Å². The van der Waals surface area contributed by atoms with Gasteiger partial charge in [-0.25, -0.2) is 9.97 Å². The molecule has 0 unspecified atom stereocenters. The molecule has 1 heterocycles. The molecular weight excluding hydrogens is 216 g/mol. The number of halogens is 1. The first-order valence-corrected chi connectivity index (χ1v) is 4.22. The van der Waals surface area contributed by atoms with E-state index in [4.69, 9.17) is 6.92 Å². The van der Waals surface area contributed by atoms with Gasteiger partial charge in [0, 0.05) is 16.8 Å². The Balaban J connectivity index is 2.88. The molecule has 0 atom stereocenters. The lowest BCUT2D eigenvalue weighted by Crippen LogP contribution is -1.86. The Morgan fingerprint density at radius 1 is 1.25 bits per heavy atom. The molecule has 0 aliphatic rings. The molecule has 2 aromatic rings. The van der Waals surface area contributed by atoms with Gasteiger partial charge < -0.3 is 0 Å². The van der Waals surface area contributed by atoms with Crippen molar-refractivity contribution in [1.29, 1.82) is 0 Å². The zero-order valence-electron chi connectivity index (χ0n) is 6.16. The summed E-state index contributed by atoms with van der Waals surface area (Å²) < 4.78 is 0.983. The summed E-state index contributed by atoms with van der Waals surface area (Å²) in [6.07, 6.45) is 1.46. The van der Waals surface area contributed by atoms with E-state index in [1.807, 2.05) is 18.2 Å². The highest BCUT2D eigenvalue weighted by atomic mass is 79.9. The van der Waals surface area contributed by atoms with Crippen molar-refractivity contribution in [1.82, 2.24) is 9.97 Å². The fourth-order valence-corrected chi connectivity index (χ4v) is 1.41. The second-order valence-corrected chi connectivity index (χ2v) is 3.34. The van der Waals surface area contributed by atoms with E-state index in [2.05, 4.69) is 25.9 Å². The second kappa shape index (κ2) is 2.83. The Labute approximate surface area is 78.8 Å². The molecule has 0 bridgehead atoms. The van der Waals surface area contributed by atoms with Crippen LogP contribution in [0.5, 0.6) is 0 Å². The van der Waals surface area contributed by atoms with Gasteiger partial charge in [-0.3, -0.25) is 0 Å². The SMILES string of the molecule is [CH]c1ncnc2ccc(Br)cc12. The van der Waals surface area contributed by atoms with Crippen LogP contribution < -0.4 is 0 Å². The predicted molar refractivity (Wildman–Crippen MR) is 50.6 cm³/mol. The van der Waals surface area contributed by atoms with Crippen molar-refractivity contribution in [2.24, 2.45) is 0 Å². The van der Waals surface area contributed by atoms with Crippen LogP contribution in [0.4, 0.5) is 0 Å². The highest BCUT2D eigenvalue weighted by molar-refractivity contribution is 9.10. The van der Waals surface area contributed by atoms with E-state index in [9.17, 15) is 0 Å². The molecule has 1 aromatic heterocycles. The Morgan fingerprint density at radius 2 is 2.08 bits per heavy atom. The summed E-state index contributed by atoms with van der Waals surface area (Å²) >= 11 is 3.36. The van der Waals surface area contributed by atoms with Crippen LogP contribution in [0.2, 0.25) is 0 Å². The fraction of sp³-hybridized carbons (Fsp3) is 0. The van der Waals surface area contributed by atoms with Crippen molar-refractivity contribution in [3.8, 4) is 0 Å². The summed E-state index contributed by atoms with van der Waals surface area (Å²) in [5, 5.41) is 0.881. The van der Waals surface area contributed by atoms with E-state index in [0.29, 0.717) is 5.69 Å². The zero-order valence-corrected chi connectivity index (χ0v) is 7.75. The Kier molecular flexibility index (Phi) is 1.81. The van der Waals surface area contributed by atoms with E-state index in [-0.39, 0.29) is 0 Å². The number of rotatable bonds is 0. The summed E-state index contributed by atoms with van der Waals surface area (Å²) in [5.41, 5.74) is 1.38. The van der Waals surface area contributed by atoms with Crippen LogP contribution in [-0.2, 0) is 0 Å². The molecule has 58 valence electrons. The number of benzene rings is 1. The minimum absolute atomic E-state index is 0.515. The van der Waals surface area contributed by atoms with Gasteiger partial charge in [0.25, 0.3) is 0 Å². The summed E-state index contributed by atoms with van der Waals surface area (Å²) in [5.74, 6) is 0. The molecule has 0 N–H and O–H groups in total. The molecule has 2 rings (SSSR count). The van der Waals surface area contributed by atoms with Gasteiger partial charge in [0.15, 0.2) is 0 Å². The third-order valence-electron chi connectivity index (χ3n) is 1.63. The van der Waals surface area contributed by atoms with Gasteiger partial charge in [-0.1, -0.05) is 15.9 Å². The lowest BCUT2D eigenvalue weighted by atomic mass is 10.2. The lowest BCUT2D eigenvalue weighted by molar-refractivity contribution is 1.19. The van der Waals surface area contributed by atoms with Crippen LogP contribution in [0.3, 0.4) is 0 Å². The third kappa shape index (κ3) is 1.20. The van der Waals surface area contributed by atoms with Gasteiger partial charge >= 0.3 is 0 Å². The highest BCUT2D eigenvalue weighted by Crippen LogP contribution is 2.19. The Hall–Kier alpha value is -0.960. The molecule has 2 radical (unpaired) electrons. The molecule has 0 saturated carbocycles. The summed E-state index contributed by atoms with van der Waals surface area (Å²) in [7, 11) is 0. The Bertz CT molecular complexity index is 426. The maximum Gasteiger partial charge on any atom is 0.116 e. The topological polar surface area (TPSA) is 25.8 Å². The second-order valence-electron chi connectivity index (χ2n) is 2.42. The lowest BCUT2D eigenvalue weighted by Gasteiger charge is -1.99. The first-order valence-electron chi connectivity index (χ1n) is 3.43. The average molecular weight is 221 g/mol. The van der Waals surface area contributed by atoms with Gasteiger partial charge in [0.05, 0.1) is 11.2 Å². The van der Waals surface area contributed by atoms with Crippen LogP contribution >= 0.6 is 15.9 Å². The standard InChI is InChI=1S/C9H5BrN2/c1-6-8-4-7(10)2-3-9(8)12-5-11-6/h1-5H. The van der Waals surface area contributed by atoms with Crippen LogP contribution in [0.15, 0.2) is 29.0 Å². The quantitative estimate of drug-likeness (QED) is 0.682. The third-order valence-corrected chi connectivity index (χ3v) is 2.12. The number of hydrogen-bond acceptors (Lipinski definition) is 2. The van der Waals surface area contributed by atoms with E-state index in [1.165, 1.54) is 6.33 Å². The fourth-order valence-electron chi connectivity index (χ4n) is 1.05. The van der Waals surface area contributed by atoms with Crippen molar-refractivity contribution < 1.29 is 0 Å². The molecule has 3 heteroatoms. The molecule has 1 aromatic carbocycles. The van der Waals surface area contributed by atoms with Gasteiger partial charge in [0.1, 0.15) is 6.33 Å². The van der Waals surface area contributed by atoms with E-state index >= 15 is 0 Å². The minimum Gasteiger partial charge on any atom is -0.240 e. The summed E-state index contributed by atoms with van der Waals surface area (Å²) in [6.45, 7) is 5.65. The zero-order chi connectivity index (χ0) is 8.55. The van der Waals surface area contributed by atoms with E-state index < -0.39 is 0 Å². The van der Waals surface area contributed by atoms with Crippen molar-refractivity contribution in [2.75, 3.05) is 0 Å². The minimum atomic E-state index is 0.515. The van der Waals surface area contributed by atoms with Gasteiger partial charge in [0.2, 0.25) is 0 Å². The number of fused-ring (bicyclic) bond motifs is 1. The molecule has 0 fully saturated rings. The smallest absolute Gasteiger partial charge is 0.116 e. The molecule has 0 saturated heterocycles. The molecule has 2 nitrogen and oxygen atoms in total. The van der Waals surface area contributed by atoms with Gasteiger partial charge in [-0.05, 0) is 18.2 Å². The van der Waals surface area contributed by atoms with Crippen LogP contribution in [0.1, 0.15) is 5.69 Å². The first-order chi connectivity index (χ1) is 5.77. The van der Waals surface area contributed by atoms with Crippen molar-refractivity contribution in [3.63, 3.8) is 0 Å². The maximum absolute atomic E-state index is 5.65. The summed E-state index contributed by atoms with van der Waals surface area (Å²) in [4.78, 5) is 7.97. The molecule has 0 aliphatic heterocycles. The first kappa shape index (κ1) is 7.68. The van der Waals surface area contributed by atoms with E-state index in [1.54, 1.807) is 0 Å². The normalized spacial score (nSPS) is 10.5. The Morgan fingerprint density at radius 3 is 2.92 bits per heavy atom. The molecule has 12 heavy (non-hydrogen) atoms. The number of aromatic nitrogens is 2. The van der Waals surface area contributed by atoms with Crippen molar-refractivity contribution in [2.45, 2.75) is 0 Å². The monoisotopic (exact) mass is 220 g/mol. The average Bonchev–Trinajstić information content (AvgIpc) is 2.07. The summed E-state index contributed by atoms with van der Waals surface area (Å²) in [6, 6.07) is 5.73. The van der Waals surface area contributed by atoms with E-state index in [0.717, 1.165) is 15.4 Å². The van der Waals surface area contributed by atoms with Crippen molar-refractivity contribution >= 4 is 26.8 Å². The number of hydrogen-bond donors (Lipinski definition) is 0. The largest absolute Gasteiger partial charge is 0.240 e. The van der Waals surface area contributed by atoms with Gasteiger partial charge in [-0.2, -0.15) is 0 Å². The molecular formula is C9H5BrN2. The van der Waals surface area contributed by atoms with Gasteiger partial charge in [-0.15, -0.1) is 0 Å². The van der Waals surface area contributed by atoms with Crippen LogP contribution in [-0.4, -0.2) is 9.97 Å². The predicted octanol–water partition coefficient (Wildman–Crippen LogP) is 2.45. The molecule has 0 amide bonds.